The van der Waals surface area contributed by atoms with Gasteiger partial charge < -0.3 is 8.98 Å². The van der Waals surface area contributed by atoms with E-state index in [4.69, 9.17) is 14.4 Å². The fourth-order valence-electron chi connectivity index (χ4n) is 8.03. The van der Waals surface area contributed by atoms with E-state index in [2.05, 4.69) is 166 Å². The standard InChI is InChI=1S/C31H27N2O.C21H23GeN2.Ir/c1-19(2)21-12-9-13-22(20(3)4)29(21)33-27-17-7-6-16-26(27)32-31(33)25-15-10-14-24-23-11-5-8-18-28(23)34-30(24)25;1-15-11-18(12-16(2)24-15)19-13-21(17-9-7-6-8-10-17)23-14-20(19)22(3,4)5;/h5-14,16-20H,1-4H3;6-9,11-14H,1-5H3;/q2*-1;. The number of aryl methyl sites for hydroxylation is 2. The van der Waals surface area contributed by atoms with Crippen LogP contribution in [0.1, 0.15) is 62.0 Å². The summed E-state index contributed by atoms with van der Waals surface area (Å²) in [6.07, 6.45) is 2.09. The summed E-state index contributed by atoms with van der Waals surface area (Å²) in [5.41, 5.74) is 15.2. The van der Waals surface area contributed by atoms with E-state index in [0.717, 1.165) is 67.0 Å². The summed E-state index contributed by atoms with van der Waals surface area (Å²) < 4.78 is 10.2. The predicted molar refractivity (Wildman–Crippen MR) is 245 cm³/mol. The summed E-state index contributed by atoms with van der Waals surface area (Å²) in [7, 11) is 0. The largest absolute Gasteiger partial charge is 0 e. The molecule has 5 nitrogen and oxygen atoms in total. The number of imidazole rings is 1. The van der Waals surface area contributed by atoms with Gasteiger partial charge in [0.2, 0.25) is 0 Å². The molecule has 9 rings (SSSR count). The van der Waals surface area contributed by atoms with Crippen LogP contribution in [0.5, 0.6) is 0 Å². The molecule has 1 radical (unpaired) electrons. The molecule has 0 unspecified atom stereocenters. The molecule has 0 saturated carbocycles. The average Bonchev–Trinajstić information content (AvgIpc) is 3.79. The third kappa shape index (κ3) is 8.36. The summed E-state index contributed by atoms with van der Waals surface area (Å²) in [6, 6.07) is 48.7. The first-order chi connectivity index (χ1) is 27.9. The van der Waals surface area contributed by atoms with Crippen LogP contribution in [0.2, 0.25) is 17.3 Å². The van der Waals surface area contributed by atoms with Gasteiger partial charge in [-0.05, 0) is 41.2 Å². The maximum absolute atomic E-state index is 6.40. The van der Waals surface area contributed by atoms with Crippen molar-refractivity contribution in [2.75, 3.05) is 0 Å². The van der Waals surface area contributed by atoms with Gasteiger partial charge in [0, 0.05) is 31.2 Å². The van der Waals surface area contributed by atoms with Crippen molar-refractivity contribution in [2.24, 2.45) is 0 Å². The van der Waals surface area contributed by atoms with Crippen molar-refractivity contribution in [2.45, 2.75) is 70.6 Å². The second kappa shape index (κ2) is 17.2. The third-order valence-corrected chi connectivity index (χ3v) is 15.0. The molecule has 0 bridgehead atoms. The van der Waals surface area contributed by atoms with Gasteiger partial charge in [0.15, 0.2) is 0 Å². The molecule has 0 spiro atoms. The average molecular weight is 1010 g/mol. The zero-order valence-electron chi connectivity index (χ0n) is 35.3. The van der Waals surface area contributed by atoms with Crippen molar-refractivity contribution in [3.63, 3.8) is 0 Å². The number of furan rings is 1. The Morgan fingerprint density at radius 1 is 0.678 bits per heavy atom. The fraction of sp³-hybridized carbons (Fsp3) is 0.212. The minimum absolute atomic E-state index is 0. The van der Waals surface area contributed by atoms with Crippen molar-refractivity contribution in [3.05, 3.63) is 162 Å². The van der Waals surface area contributed by atoms with Crippen LogP contribution in [0, 0.1) is 26.0 Å². The SMILES string of the molecule is CC(C)c1cccc(C(C)C)c1-n1c(-c2[c-]ccc3c2oc2ccccc23)nc2ccccc21.Cc1cc(-c2cc(-c3[c-]cccc3)nc[c]2[Ge]([CH3])([CH3])[CH3])cc(C)n1.[Ir]. The quantitative estimate of drug-likeness (QED) is 0.118. The van der Waals surface area contributed by atoms with Gasteiger partial charge in [0.25, 0.3) is 0 Å². The Hall–Kier alpha value is -5.14. The first-order valence-electron chi connectivity index (χ1n) is 20.2. The summed E-state index contributed by atoms with van der Waals surface area (Å²) in [5, 5.41) is 2.20. The Bertz CT molecular complexity index is 2870. The van der Waals surface area contributed by atoms with Crippen LogP contribution in [0.3, 0.4) is 0 Å². The first-order valence-corrected chi connectivity index (χ1v) is 27.6. The summed E-state index contributed by atoms with van der Waals surface area (Å²) in [4.78, 5) is 14.4. The van der Waals surface area contributed by atoms with Crippen molar-refractivity contribution in [3.8, 4) is 39.5 Å². The van der Waals surface area contributed by atoms with E-state index in [1.54, 1.807) is 0 Å². The Morgan fingerprint density at radius 3 is 2.03 bits per heavy atom. The van der Waals surface area contributed by atoms with Crippen LogP contribution in [0.15, 0.2) is 132 Å². The van der Waals surface area contributed by atoms with E-state index in [1.807, 2.05) is 42.5 Å². The van der Waals surface area contributed by atoms with Gasteiger partial charge in [-0.15, -0.1) is 18.2 Å². The Labute approximate surface area is 364 Å². The van der Waals surface area contributed by atoms with E-state index in [0.29, 0.717) is 11.8 Å². The van der Waals surface area contributed by atoms with Gasteiger partial charge in [0.1, 0.15) is 5.58 Å². The van der Waals surface area contributed by atoms with Crippen LogP contribution in [-0.2, 0) is 20.1 Å². The smallest absolute Gasteiger partial charge is 0 e. The number of rotatable bonds is 7. The summed E-state index contributed by atoms with van der Waals surface area (Å²) >= 11 is -2.05. The molecule has 0 amide bonds. The number of fused-ring (bicyclic) bond motifs is 4. The van der Waals surface area contributed by atoms with Crippen molar-refractivity contribution < 1.29 is 24.5 Å². The second-order valence-corrected chi connectivity index (χ2v) is 27.4. The van der Waals surface area contributed by atoms with Gasteiger partial charge in [0.05, 0.1) is 22.4 Å². The normalized spacial score (nSPS) is 11.6. The molecule has 0 atom stereocenters. The summed E-state index contributed by atoms with van der Waals surface area (Å²) in [5.74, 6) is 8.84. The predicted octanol–water partition coefficient (Wildman–Crippen LogP) is 13.4. The van der Waals surface area contributed by atoms with Crippen LogP contribution < -0.4 is 4.40 Å². The Balaban J connectivity index is 0.000000187. The number of pyridine rings is 2. The molecule has 0 saturated heterocycles. The molecule has 5 aromatic carbocycles. The fourth-order valence-corrected chi connectivity index (χ4v) is 11.1. The van der Waals surface area contributed by atoms with E-state index in [-0.39, 0.29) is 20.1 Å². The molecule has 299 valence electrons. The minimum Gasteiger partial charge on any atom is 0 e. The molecular formula is C52H50GeIrN4O-2. The molecule has 0 fully saturated rings. The Kier molecular flexibility index (Phi) is 12.3. The van der Waals surface area contributed by atoms with Crippen molar-refractivity contribution in [1.29, 1.82) is 0 Å². The molecular weight excluding hydrogens is 961 g/mol. The van der Waals surface area contributed by atoms with Crippen LogP contribution in [0.4, 0.5) is 0 Å². The molecule has 9 aromatic rings. The van der Waals surface area contributed by atoms with Gasteiger partial charge in [-0.25, -0.2) is 0 Å². The zero-order valence-corrected chi connectivity index (χ0v) is 39.8. The summed E-state index contributed by atoms with van der Waals surface area (Å²) in [6.45, 7) is 13.1. The number of hydrogen-bond donors (Lipinski definition) is 0. The first kappa shape index (κ1) is 42.0. The minimum atomic E-state index is -2.05. The molecule has 0 aliphatic carbocycles. The molecule has 0 N–H and O–H groups in total. The van der Waals surface area contributed by atoms with E-state index in [1.165, 1.54) is 32.3 Å². The molecule has 4 heterocycles. The molecule has 7 heteroatoms. The monoisotopic (exact) mass is 1010 g/mol. The zero-order chi connectivity index (χ0) is 40.7. The van der Waals surface area contributed by atoms with Crippen molar-refractivity contribution in [1.82, 2.24) is 19.5 Å². The van der Waals surface area contributed by atoms with Gasteiger partial charge in [-0.3, -0.25) is 4.98 Å². The van der Waals surface area contributed by atoms with E-state index in [9.17, 15) is 0 Å². The van der Waals surface area contributed by atoms with Gasteiger partial charge in [-0.1, -0.05) is 87.2 Å². The number of hydrogen-bond acceptors (Lipinski definition) is 4. The maximum Gasteiger partial charge on any atom is 0 e. The van der Waals surface area contributed by atoms with Crippen LogP contribution >= 0.6 is 0 Å². The topological polar surface area (TPSA) is 56.7 Å². The molecule has 0 aliphatic heterocycles. The van der Waals surface area contributed by atoms with E-state index >= 15 is 0 Å². The second-order valence-electron chi connectivity index (χ2n) is 16.8. The van der Waals surface area contributed by atoms with E-state index < -0.39 is 13.3 Å². The molecule has 4 aromatic heterocycles. The number of nitrogens with zero attached hydrogens (tertiary/aromatic N) is 4. The number of aromatic nitrogens is 4. The van der Waals surface area contributed by atoms with Gasteiger partial charge >= 0.3 is 147 Å². The molecule has 59 heavy (non-hydrogen) atoms. The van der Waals surface area contributed by atoms with Gasteiger partial charge in [-0.2, -0.15) is 0 Å². The maximum atomic E-state index is 6.40. The third-order valence-electron chi connectivity index (χ3n) is 10.8. The number of para-hydroxylation sites is 4. The van der Waals surface area contributed by atoms with Crippen LogP contribution in [0.25, 0.3) is 72.4 Å². The molecule has 0 aliphatic rings. The Morgan fingerprint density at radius 2 is 1.36 bits per heavy atom. The number of benzene rings is 5. The van der Waals surface area contributed by atoms with Crippen LogP contribution in [-0.4, -0.2) is 32.8 Å². The van der Waals surface area contributed by atoms with Crippen molar-refractivity contribution >= 4 is 50.6 Å².